The normalized spacial score (nSPS) is 22.1. The lowest BCUT2D eigenvalue weighted by atomic mass is 9.97. The Morgan fingerprint density at radius 1 is 1.00 bits per heavy atom. The van der Waals surface area contributed by atoms with Crippen LogP contribution in [0.15, 0.2) is 0 Å². The van der Waals surface area contributed by atoms with Crippen molar-refractivity contribution in [2.45, 2.75) is 55.9 Å². The van der Waals surface area contributed by atoms with Gasteiger partial charge in [0.1, 0.15) is 0 Å². The summed E-state index contributed by atoms with van der Waals surface area (Å²) in [5.74, 6) is 0. The van der Waals surface area contributed by atoms with E-state index in [1.807, 2.05) is 0 Å². The van der Waals surface area contributed by atoms with Gasteiger partial charge in [-0.25, -0.2) is 0 Å². The molecule has 0 spiro atoms. The second kappa shape index (κ2) is 5.04. The zero-order valence-electron chi connectivity index (χ0n) is 8.37. The third-order valence-electron chi connectivity index (χ3n) is 2.48. The topological polar surface area (TPSA) is 9.23 Å². The van der Waals surface area contributed by atoms with Crippen molar-refractivity contribution in [2.24, 2.45) is 0 Å². The van der Waals surface area contributed by atoms with Crippen LogP contribution in [0.3, 0.4) is 0 Å². The summed E-state index contributed by atoms with van der Waals surface area (Å²) in [6.45, 7) is 0. The Kier molecular flexibility index (Phi) is 4.40. The molecule has 0 amide bonds. The van der Waals surface area contributed by atoms with Crippen LogP contribution in [0.2, 0.25) is 0 Å². The van der Waals surface area contributed by atoms with Gasteiger partial charge in [-0.1, -0.05) is 19.3 Å². The summed E-state index contributed by atoms with van der Waals surface area (Å²) >= 11 is 4.42. The van der Waals surface area contributed by atoms with Crippen molar-refractivity contribution in [1.29, 1.82) is 0 Å². The molecule has 0 bridgehead atoms. The van der Waals surface area contributed by atoms with Crippen molar-refractivity contribution < 1.29 is 26.7 Å². The molecule has 1 nitrogen and oxygen atoms in total. The van der Waals surface area contributed by atoms with Crippen LogP contribution in [0, 0.1) is 0 Å². The zero-order valence-corrected chi connectivity index (χ0v) is 9.12. The van der Waals surface area contributed by atoms with Crippen molar-refractivity contribution in [3.63, 3.8) is 0 Å². The average molecular weight is 267 g/mol. The van der Waals surface area contributed by atoms with Gasteiger partial charge < -0.3 is 4.74 Å². The van der Waals surface area contributed by atoms with Crippen molar-refractivity contribution >= 4 is 11.6 Å². The SMILES string of the molecule is FC(F)(F)C(OC1CCCCC1)C(F)(F)Cl. The minimum atomic E-state index is -5.15. The predicted molar refractivity (Wildman–Crippen MR) is 48.6 cm³/mol. The Balaban J connectivity index is 2.63. The van der Waals surface area contributed by atoms with E-state index in [2.05, 4.69) is 16.3 Å². The van der Waals surface area contributed by atoms with Crippen molar-refractivity contribution in [3.8, 4) is 0 Å². The highest BCUT2D eigenvalue weighted by Crippen LogP contribution is 2.39. The highest BCUT2D eigenvalue weighted by molar-refractivity contribution is 6.22. The Bertz CT molecular complexity index is 205. The maximum absolute atomic E-state index is 12.6. The van der Waals surface area contributed by atoms with Crippen LogP contribution in [0.4, 0.5) is 22.0 Å². The summed E-state index contributed by atoms with van der Waals surface area (Å²) in [6, 6.07) is 0. The lowest BCUT2D eigenvalue weighted by molar-refractivity contribution is -0.277. The fourth-order valence-corrected chi connectivity index (χ4v) is 1.91. The van der Waals surface area contributed by atoms with Crippen LogP contribution in [0.5, 0.6) is 0 Å². The number of ether oxygens (including phenoxy) is 1. The third-order valence-corrected chi connectivity index (χ3v) is 2.67. The molecule has 1 fully saturated rings. The average Bonchev–Trinajstić information content (AvgIpc) is 2.12. The van der Waals surface area contributed by atoms with Crippen LogP contribution in [-0.4, -0.2) is 23.8 Å². The number of hydrogen-bond donors (Lipinski definition) is 0. The van der Waals surface area contributed by atoms with Gasteiger partial charge in [0.25, 0.3) is 0 Å². The first-order chi connectivity index (χ1) is 7.21. The third kappa shape index (κ3) is 4.05. The fourth-order valence-electron chi connectivity index (χ4n) is 1.73. The summed E-state index contributed by atoms with van der Waals surface area (Å²) < 4.78 is 66.4. The van der Waals surface area contributed by atoms with Gasteiger partial charge in [-0.15, -0.1) is 0 Å². The molecule has 0 aliphatic heterocycles. The summed E-state index contributed by atoms with van der Waals surface area (Å²) in [6.07, 6.45) is -6.10. The van der Waals surface area contributed by atoms with E-state index in [4.69, 9.17) is 0 Å². The van der Waals surface area contributed by atoms with Gasteiger partial charge in [-0.3, -0.25) is 0 Å². The molecule has 1 saturated carbocycles. The van der Waals surface area contributed by atoms with Crippen LogP contribution < -0.4 is 0 Å². The summed E-state index contributed by atoms with van der Waals surface area (Å²) in [4.78, 5) is 0. The molecular formula is C9H12ClF5O. The van der Waals surface area contributed by atoms with Crippen molar-refractivity contribution in [3.05, 3.63) is 0 Å². The van der Waals surface area contributed by atoms with Crippen LogP contribution in [0.25, 0.3) is 0 Å². The summed E-state index contributed by atoms with van der Waals surface area (Å²) in [5, 5.41) is -4.42. The minimum Gasteiger partial charge on any atom is -0.359 e. The molecule has 0 heterocycles. The molecule has 0 radical (unpaired) electrons. The molecule has 96 valence electrons. The van der Waals surface area contributed by atoms with E-state index in [0.29, 0.717) is 25.7 Å². The Morgan fingerprint density at radius 3 is 1.88 bits per heavy atom. The lowest BCUT2D eigenvalue weighted by Crippen LogP contribution is -2.46. The molecule has 0 aromatic heterocycles. The second-order valence-corrected chi connectivity index (χ2v) is 4.36. The van der Waals surface area contributed by atoms with E-state index in [1.165, 1.54) is 0 Å². The Labute approximate surface area is 94.9 Å². The van der Waals surface area contributed by atoms with E-state index in [0.717, 1.165) is 6.42 Å². The first kappa shape index (κ1) is 14.0. The van der Waals surface area contributed by atoms with Gasteiger partial charge >= 0.3 is 11.6 Å². The maximum Gasteiger partial charge on any atom is 0.421 e. The molecule has 1 aliphatic carbocycles. The number of halogens is 6. The molecule has 16 heavy (non-hydrogen) atoms. The first-order valence-electron chi connectivity index (χ1n) is 5.00. The standard InChI is InChI=1S/C9H12ClF5O/c10-8(11,12)7(9(13,14)15)16-6-4-2-1-3-5-6/h6-7H,1-5H2. The largest absolute Gasteiger partial charge is 0.421 e. The highest BCUT2D eigenvalue weighted by atomic mass is 35.5. The second-order valence-electron chi connectivity index (χ2n) is 3.86. The molecule has 7 heteroatoms. The zero-order chi connectivity index (χ0) is 12.4. The monoisotopic (exact) mass is 266 g/mol. The summed E-state index contributed by atoms with van der Waals surface area (Å²) in [5.41, 5.74) is 0. The number of alkyl halides is 6. The van der Waals surface area contributed by atoms with E-state index < -0.39 is 23.8 Å². The van der Waals surface area contributed by atoms with Gasteiger partial charge in [0.2, 0.25) is 6.10 Å². The van der Waals surface area contributed by atoms with Crippen molar-refractivity contribution in [1.82, 2.24) is 0 Å². The van der Waals surface area contributed by atoms with E-state index in [-0.39, 0.29) is 0 Å². The van der Waals surface area contributed by atoms with Crippen LogP contribution >= 0.6 is 11.6 Å². The van der Waals surface area contributed by atoms with E-state index in [1.54, 1.807) is 0 Å². The Morgan fingerprint density at radius 2 is 1.50 bits per heavy atom. The molecule has 0 saturated heterocycles. The molecule has 1 rings (SSSR count). The number of rotatable bonds is 3. The predicted octanol–water partition coefficient (Wildman–Crippen LogP) is 4.10. The van der Waals surface area contributed by atoms with Gasteiger partial charge in [-0.05, 0) is 24.4 Å². The fraction of sp³-hybridized carbons (Fsp3) is 1.00. The van der Waals surface area contributed by atoms with Crippen LogP contribution in [-0.2, 0) is 4.74 Å². The smallest absolute Gasteiger partial charge is 0.359 e. The lowest BCUT2D eigenvalue weighted by Gasteiger charge is -2.30. The van der Waals surface area contributed by atoms with Gasteiger partial charge in [-0.2, -0.15) is 22.0 Å². The van der Waals surface area contributed by atoms with Gasteiger partial charge in [0, 0.05) is 0 Å². The molecule has 1 unspecified atom stereocenters. The van der Waals surface area contributed by atoms with E-state index in [9.17, 15) is 22.0 Å². The maximum atomic E-state index is 12.6. The Hall–Kier alpha value is -0.100. The summed E-state index contributed by atoms with van der Waals surface area (Å²) in [7, 11) is 0. The van der Waals surface area contributed by atoms with Gasteiger partial charge in [0.15, 0.2) is 0 Å². The molecule has 0 aromatic rings. The highest BCUT2D eigenvalue weighted by Gasteiger charge is 2.56. The molecule has 1 atom stereocenters. The van der Waals surface area contributed by atoms with Gasteiger partial charge in [0.05, 0.1) is 6.10 Å². The molecule has 0 aromatic carbocycles. The minimum absolute atomic E-state index is 0.375. The number of hydrogen-bond acceptors (Lipinski definition) is 1. The first-order valence-corrected chi connectivity index (χ1v) is 5.38. The van der Waals surface area contributed by atoms with E-state index >= 15 is 0 Å². The van der Waals surface area contributed by atoms with Crippen molar-refractivity contribution in [2.75, 3.05) is 0 Å². The molecule has 1 aliphatic rings. The van der Waals surface area contributed by atoms with Crippen LogP contribution in [0.1, 0.15) is 32.1 Å². The molecular weight excluding hydrogens is 255 g/mol. The molecule has 0 N–H and O–H groups in total. The quantitative estimate of drug-likeness (QED) is 0.552.